The molecular formula is C82H90N14O7. The van der Waals surface area contributed by atoms with Crippen molar-refractivity contribution in [2.75, 3.05) is 54.0 Å². The van der Waals surface area contributed by atoms with Gasteiger partial charge in [0.2, 0.25) is 5.78 Å². The molecule has 6 N–H and O–H groups in total. The third kappa shape index (κ3) is 15.6. The summed E-state index contributed by atoms with van der Waals surface area (Å²) in [5.41, 5.74) is 17.6. The molecular weight excluding hydrogens is 1290 g/mol. The highest BCUT2D eigenvalue weighted by molar-refractivity contribution is 6.12. The van der Waals surface area contributed by atoms with Gasteiger partial charge in [-0.15, -0.1) is 0 Å². The normalized spacial score (nSPS) is 19.2. The van der Waals surface area contributed by atoms with Crippen molar-refractivity contribution in [3.8, 4) is 0 Å². The molecule has 0 radical (unpaired) electrons. The first-order chi connectivity index (χ1) is 49.7. The van der Waals surface area contributed by atoms with E-state index < -0.39 is 11.2 Å². The van der Waals surface area contributed by atoms with Gasteiger partial charge in [0.05, 0.1) is 49.3 Å². The quantitative estimate of drug-likeness (QED) is 0.0348. The van der Waals surface area contributed by atoms with Crippen molar-refractivity contribution < 1.29 is 34.3 Å². The second kappa shape index (κ2) is 29.9. The number of carbonyl (C=O) groups excluding carboxylic acids is 3. The van der Waals surface area contributed by atoms with E-state index in [0.29, 0.717) is 34.1 Å². The molecule has 2 amide bonds. The zero-order chi connectivity index (χ0) is 71.9. The summed E-state index contributed by atoms with van der Waals surface area (Å²) in [6.45, 7) is 16.3. The average Bonchev–Trinajstić information content (AvgIpc) is 1.61. The van der Waals surface area contributed by atoms with Gasteiger partial charge in [-0.05, 0) is 138 Å². The van der Waals surface area contributed by atoms with E-state index in [1.54, 1.807) is 49.3 Å². The molecule has 103 heavy (non-hydrogen) atoms. The van der Waals surface area contributed by atoms with Crippen LogP contribution in [0.4, 0.5) is 27.0 Å². The Labute approximate surface area is 601 Å². The first-order valence-electron chi connectivity index (χ1n) is 35.6. The Morgan fingerprint density at radius 1 is 0.417 bits per heavy atom. The summed E-state index contributed by atoms with van der Waals surface area (Å²) < 4.78 is 11.2. The Kier molecular flexibility index (Phi) is 20.5. The van der Waals surface area contributed by atoms with Gasteiger partial charge in [-0.25, -0.2) is 39.5 Å². The molecule has 3 aromatic heterocycles. The molecule has 6 heterocycles. The van der Waals surface area contributed by atoms with Crippen LogP contribution >= 0.6 is 0 Å². The van der Waals surface area contributed by atoms with Crippen molar-refractivity contribution in [2.45, 2.75) is 129 Å². The van der Waals surface area contributed by atoms with Gasteiger partial charge in [0, 0.05) is 72.8 Å². The molecule has 3 aliphatic heterocycles. The Hall–Kier alpha value is -10.9. The van der Waals surface area contributed by atoms with Crippen LogP contribution in [-0.4, -0.2) is 120 Å². The zero-order valence-electron chi connectivity index (χ0n) is 59.3. The Bertz CT molecular complexity index is 4490. The highest BCUT2D eigenvalue weighted by Crippen LogP contribution is 2.55. The highest BCUT2D eigenvalue weighted by atomic mass is 16.6. The van der Waals surface area contributed by atoms with Gasteiger partial charge < -0.3 is 51.0 Å². The number of ketones is 1. The number of aromatic nitrogens is 6. The predicted octanol–water partition coefficient (Wildman–Crippen LogP) is 13.8. The number of ether oxygens (including phenoxy) is 2. The summed E-state index contributed by atoms with van der Waals surface area (Å²) in [6, 6.07) is 53.3. The van der Waals surface area contributed by atoms with E-state index in [-0.39, 0.29) is 52.3 Å². The first-order valence-corrected chi connectivity index (χ1v) is 35.6. The number of alkyl carbamates (subject to hydrolysis) is 2. The Balaban J connectivity index is 0.000000138. The number of carbonyl (C=O) groups is 3. The number of piperidine rings is 3. The molecule has 3 saturated heterocycles. The topological polar surface area (TPSA) is 272 Å². The molecule has 0 saturated carbocycles. The minimum Gasteiger partial charge on any atom is -0.444 e. The fraction of sp³-hybridized carbons (Fsp3) is 0.354. The summed E-state index contributed by atoms with van der Waals surface area (Å²) in [4.78, 5) is 72.2. The molecule has 21 nitrogen and oxygen atoms in total. The van der Waals surface area contributed by atoms with Crippen LogP contribution in [0, 0.1) is 16.2 Å². The second-order valence-corrected chi connectivity index (χ2v) is 29.9. The van der Waals surface area contributed by atoms with Gasteiger partial charge in [0.1, 0.15) is 57.2 Å². The fourth-order valence-electron chi connectivity index (χ4n) is 15.9. The number of oxime groups is 2. The van der Waals surface area contributed by atoms with Crippen molar-refractivity contribution in [1.82, 2.24) is 40.5 Å². The number of fused-ring (bicyclic) bond motifs is 3. The maximum absolute atomic E-state index is 12.8. The summed E-state index contributed by atoms with van der Waals surface area (Å²) in [7, 11) is 0. The molecule has 6 aliphatic rings. The fourth-order valence-corrected chi connectivity index (χ4v) is 15.9. The molecule has 3 spiro atoms. The van der Waals surface area contributed by atoms with Crippen molar-refractivity contribution in [3.05, 3.63) is 268 Å². The molecule has 0 unspecified atom stereocenters. The van der Waals surface area contributed by atoms with E-state index in [1.807, 2.05) is 133 Å². The maximum Gasteiger partial charge on any atom is 0.408 e. The summed E-state index contributed by atoms with van der Waals surface area (Å²) in [5.74, 6) is 2.27. The molecule has 3 atom stereocenters. The molecule has 9 aromatic rings. The lowest BCUT2D eigenvalue weighted by Gasteiger charge is -2.43. The van der Waals surface area contributed by atoms with Gasteiger partial charge in [-0.3, -0.25) is 4.79 Å². The monoisotopic (exact) mass is 1380 g/mol. The smallest absolute Gasteiger partial charge is 0.408 e. The van der Waals surface area contributed by atoms with Gasteiger partial charge in [-0.1, -0.05) is 174 Å². The van der Waals surface area contributed by atoms with Crippen molar-refractivity contribution in [2.24, 2.45) is 32.3 Å². The highest BCUT2D eigenvalue weighted by Gasteiger charge is 2.51. The molecule has 530 valence electrons. The van der Waals surface area contributed by atoms with Crippen LogP contribution in [0.25, 0.3) is 0 Å². The van der Waals surface area contributed by atoms with E-state index in [0.717, 1.165) is 126 Å². The number of nitrogens with one attached hydrogen (secondary N) is 2. The number of hydrogen-bond donors (Lipinski definition) is 5. The van der Waals surface area contributed by atoms with Gasteiger partial charge in [-0.2, -0.15) is 0 Å². The van der Waals surface area contributed by atoms with E-state index >= 15 is 0 Å². The van der Waals surface area contributed by atoms with Crippen molar-refractivity contribution in [3.63, 3.8) is 0 Å². The number of nitrogens with two attached hydrogens (primary N) is 1. The Morgan fingerprint density at radius 2 is 0.728 bits per heavy atom. The lowest BCUT2D eigenvalue weighted by Crippen LogP contribution is -2.48. The standard InChI is InChI=1S/C29H33N5O3.C29H32N4O3.C24H25N5O/c1-28(2,3)37-27(35)32-26-22-12-8-7-11-21(22)17-29(26)13-15-34(16-14-29)24-19-30-23(18-31-24)25(33-36)20-9-5-4-6-10-20;1-28(2,3)36-27(35)32-26-22-12-8-7-11-21(22)17-29(26)13-15-33(16-14-29)24-19-30-23(18-31-24)25(34)20-9-5-4-6-10-20;25-23-19-9-5-4-8-18(19)14-24(23)10-12-29(13-11-24)21-16-26-20(15-27-21)22(28-30)17-6-2-1-3-7-17/h4-12,18-19,26,36H,13-17H2,1-3H3,(H,32,35);4-12,18-19,26H,13-17H2,1-3H3,(H,32,35);1-9,15-16,23,30H,10-14,25H2/b33-25+;;28-22+/t2*26-;23-/m111/s1. The number of amides is 2. The lowest BCUT2D eigenvalue weighted by molar-refractivity contribution is 0.0418. The van der Waals surface area contributed by atoms with Gasteiger partial charge >= 0.3 is 12.2 Å². The average molecular weight is 1380 g/mol. The van der Waals surface area contributed by atoms with Crippen molar-refractivity contribution in [1.29, 1.82) is 0 Å². The first kappa shape index (κ1) is 70.5. The molecule has 0 bridgehead atoms. The molecule has 3 fully saturated rings. The van der Waals surface area contributed by atoms with Crippen LogP contribution in [0.1, 0.15) is 170 Å². The van der Waals surface area contributed by atoms with E-state index in [4.69, 9.17) is 15.2 Å². The van der Waals surface area contributed by atoms with Crippen LogP contribution in [0.3, 0.4) is 0 Å². The maximum atomic E-state index is 12.8. The SMILES string of the molecule is CC(C)(C)OC(=O)N[C@@H]1c2ccccc2CC12CCN(c1cnc(/C(=N/O)c3ccccc3)cn1)CC2.CC(C)(C)OC(=O)N[C@@H]1c2ccccc2CC12CCN(c1cnc(C(=O)c3ccccc3)cn1)CC2.N[C@@H]1c2ccccc2CC12CCN(c1cnc(/C(=N/O)c3ccccc3)cn1)CC2. The molecule has 15 rings (SSSR count). The largest absolute Gasteiger partial charge is 0.444 e. The summed E-state index contributed by atoms with van der Waals surface area (Å²) >= 11 is 0. The third-order valence-corrected chi connectivity index (χ3v) is 21.2. The Morgan fingerprint density at radius 3 is 1.07 bits per heavy atom. The third-order valence-electron chi connectivity index (χ3n) is 21.2. The van der Waals surface area contributed by atoms with Crippen LogP contribution in [-0.2, 0) is 28.7 Å². The van der Waals surface area contributed by atoms with Crippen LogP contribution in [0.2, 0.25) is 0 Å². The molecule has 3 aliphatic carbocycles. The predicted molar refractivity (Wildman–Crippen MR) is 397 cm³/mol. The minimum atomic E-state index is -0.551. The molecule has 21 heteroatoms. The second-order valence-electron chi connectivity index (χ2n) is 29.9. The van der Waals surface area contributed by atoms with Crippen LogP contribution in [0.5, 0.6) is 0 Å². The number of anilines is 3. The number of hydrogen-bond acceptors (Lipinski definition) is 19. The number of benzene rings is 6. The van der Waals surface area contributed by atoms with Crippen LogP contribution < -0.4 is 31.1 Å². The van der Waals surface area contributed by atoms with Crippen molar-refractivity contribution >= 4 is 46.8 Å². The number of rotatable bonds is 11. The molecule has 6 aromatic carbocycles. The van der Waals surface area contributed by atoms with Gasteiger partial charge in [0.25, 0.3) is 0 Å². The van der Waals surface area contributed by atoms with E-state index in [2.05, 4.69) is 126 Å². The summed E-state index contributed by atoms with van der Waals surface area (Å²) in [6.07, 6.45) is 17.9. The number of nitrogens with zero attached hydrogens (tertiary/aromatic N) is 11. The van der Waals surface area contributed by atoms with Gasteiger partial charge in [0.15, 0.2) is 0 Å². The van der Waals surface area contributed by atoms with E-state index in [9.17, 15) is 24.8 Å². The van der Waals surface area contributed by atoms with Crippen LogP contribution in [0.15, 0.2) is 211 Å². The summed E-state index contributed by atoms with van der Waals surface area (Å²) in [5, 5.41) is 32.3. The lowest BCUT2D eigenvalue weighted by atomic mass is 9.72. The minimum absolute atomic E-state index is 0.0749. The zero-order valence-corrected chi connectivity index (χ0v) is 59.3. The van der Waals surface area contributed by atoms with E-state index in [1.165, 1.54) is 33.4 Å².